The maximum atomic E-state index is 9.64. The maximum absolute atomic E-state index is 9.64. The van der Waals surface area contributed by atoms with Gasteiger partial charge in [-0.05, 0) is 0 Å². The van der Waals surface area contributed by atoms with Crippen LogP contribution in [-0.4, -0.2) is 9.52 Å². The van der Waals surface area contributed by atoms with Crippen LogP contribution in [0.4, 0.5) is 0 Å². The molecule has 0 N–H and O–H groups in total. The summed E-state index contributed by atoms with van der Waals surface area (Å²) < 4.78 is 0.955. The van der Waals surface area contributed by atoms with Crippen LogP contribution < -0.4 is 13.6 Å². The molecule has 2 atom stereocenters. The van der Waals surface area contributed by atoms with E-state index in [0.717, 1.165) is 12.8 Å². The zero-order chi connectivity index (χ0) is 45.7. The summed E-state index contributed by atoms with van der Waals surface area (Å²) in [6.07, 6.45) is 7.05. The molecule has 0 saturated carbocycles. The van der Waals surface area contributed by atoms with Crippen LogP contribution in [-0.2, 0) is 29.2 Å². The van der Waals surface area contributed by atoms with E-state index in [1.165, 1.54) is 103 Å². The molecule has 1 heterocycles. The van der Waals surface area contributed by atoms with E-state index in [2.05, 4.69) is 210 Å². The molecule has 329 valence electrons. The fourth-order valence-corrected chi connectivity index (χ4v) is 40.5. The van der Waals surface area contributed by atoms with Gasteiger partial charge >= 0.3 is 399 Å². The number of allylic oxidation sites excluding steroid dienone is 2. The Kier molecular flexibility index (Phi) is 11.7. The summed E-state index contributed by atoms with van der Waals surface area (Å²) in [5, 5.41) is 2.96. The van der Waals surface area contributed by atoms with Crippen LogP contribution in [0.2, 0.25) is 0 Å². The first kappa shape index (κ1) is 45.6. The van der Waals surface area contributed by atoms with Crippen LogP contribution in [0.5, 0.6) is 0 Å². The molecular weight excluding hydrogens is 911 g/mol. The molecule has 0 radical (unpaired) electrons. The third-order valence-electron chi connectivity index (χ3n) is 15.2. The molecule has 0 bridgehead atoms. The van der Waals surface area contributed by atoms with E-state index >= 15 is 0 Å². The summed E-state index contributed by atoms with van der Waals surface area (Å²) in [5.41, 5.74) is 21.2. The number of benzene rings is 6. The second-order valence-electron chi connectivity index (χ2n) is 21.8. The first-order valence-electron chi connectivity index (χ1n) is 24.0. The molecule has 64 heavy (non-hydrogen) atoms. The molecule has 0 amide bonds. The summed E-state index contributed by atoms with van der Waals surface area (Å²) >= 11 is -5.87. The molecular formula is C60H67Cl2SiZr. The van der Waals surface area contributed by atoms with Crippen molar-refractivity contribution in [3.8, 4) is 33.4 Å². The van der Waals surface area contributed by atoms with Crippen molar-refractivity contribution in [3.63, 3.8) is 0 Å². The standard InChI is InChI=1S/2C24H29.C12H9Si.2ClH.Zr/c2*1-7-17-12-13-18-14-19(24(4,5)6)15-22(18)23(17)21-11-9-8-10-20(21)16(2)3;1-3-7-11-9(5-1)10-6-2-4-8-12(10)13-11;;;/h2*8-16H,7H2,1-6H3;1-7H,13H2;2*1H;/q;;;;;+2/p-2. The molecule has 0 saturated heterocycles. The van der Waals surface area contributed by atoms with E-state index in [0.29, 0.717) is 11.8 Å². The monoisotopic (exact) mass is 975 g/mol. The molecule has 6 aromatic carbocycles. The molecule has 0 nitrogen and oxygen atoms in total. The van der Waals surface area contributed by atoms with Crippen LogP contribution in [0, 0.1) is 10.8 Å². The molecule has 2 unspecified atom stereocenters. The van der Waals surface area contributed by atoms with Gasteiger partial charge in [-0.3, -0.25) is 0 Å². The van der Waals surface area contributed by atoms with Crippen molar-refractivity contribution in [3.05, 3.63) is 171 Å². The average Bonchev–Trinajstić information content (AvgIpc) is 3.99. The SMILES string of the molecule is CCc1ccc2c(c1-c1ccccc1C(C)C)C=C(C(C)(C)C)[CH]2[Zr]([Cl])([Cl])([c]1cccc2c1[SiH2]c1ccccc1-2)[CH]1C(C(C)(C)C)=Cc2c1ccc(CC)c2-c1ccccc1C(C)C. The van der Waals surface area contributed by atoms with Gasteiger partial charge in [0, 0.05) is 0 Å². The van der Waals surface area contributed by atoms with Gasteiger partial charge < -0.3 is 0 Å². The van der Waals surface area contributed by atoms with Crippen LogP contribution in [0.1, 0.15) is 147 Å². The number of hydrogen-bond acceptors (Lipinski definition) is 0. The molecule has 0 aromatic heterocycles. The number of fused-ring (bicyclic) bond motifs is 5. The number of rotatable bonds is 9. The van der Waals surface area contributed by atoms with Crippen molar-refractivity contribution in [1.82, 2.24) is 0 Å². The van der Waals surface area contributed by atoms with E-state index in [-0.39, 0.29) is 18.1 Å². The van der Waals surface area contributed by atoms with Crippen molar-refractivity contribution >= 4 is 52.3 Å². The quantitative estimate of drug-likeness (QED) is 0.126. The van der Waals surface area contributed by atoms with E-state index in [1.54, 1.807) is 0 Å². The zero-order valence-electron chi connectivity index (χ0n) is 40.3. The van der Waals surface area contributed by atoms with Crippen molar-refractivity contribution in [1.29, 1.82) is 0 Å². The van der Waals surface area contributed by atoms with Crippen molar-refractivity contribution < 1.29 is 16.4 Å². The Hall–Kier alpha value is -3.52. The summed E-state index contributed by atoms with van der Waals surface area (Å²) in [5.74, 6) is 0.753. The van der Waals surface area contributed by atoms with Crippen molar-refractivity contribution in [2.45, 2.75) is 115 Å². The molecule has 9 rings (SSSR count). The predicted octanol–water partition coefficient (Wildman–Crippen LogP) is 15.5. The Morgan fingerprint density at radius 2 is 0.938 bits per heavy atom. The van der Waals surface area contributed by atoms with E-state index < -0.39 is 25.9 Å². The minimum absolute atomic E-state index is 0.168. The number of halogens is 2. The third kappa shape index (κ3) is 7.06. The number of aryl methyl sites for hydroxylation is 2. The molecule has 3 aliphatic rings. The first-order chi connectivity index (χ1) is 30.3. The molecule has 6 aromatic rings. The topological polar surface area (TPSA) is 0 Å². The van der Waals surface area contributed by atoms with E-state index in [4.69, 9.17) is 0 Å². The van der Waals surface area contributed by atoms with Crippen molar-refractivity contribution in [2.24, 2.45) is 10.8 Å². The third-order valence-corrected chi connectivity index (χ3v) is 37.7. The van der Waals surface area contributed by atoms with Crippen LogP contribution in [0.3, 0.4) is 0 Å². The van der Waals surface area contributed by atoms with Crippen LogP contribution in [0.25, 0.3) is 45.5 Å². The minimum atomic E-state index is -5.87. The van der Waals surface area contributed by atoms with Gasteiger partial charge in [0.25, 0.3) is 0 Å². The fourth-order valence-electron chi connectivity index (χ4n) is 12.2. The average molecular weight is 978 g/mol. The van der Waals surface area contributed by atoms with Crippen LogP contribution in [0.15, 0.2) is 126 Å². The van der Waals surface area contributed by atoms with Gasteiger partial charge in [-0.2, -0.15) is 0 Å². The van der Waals surface area contributed by atoms with Gasteiger partial charge in [0.15, 0.2) is 0 Å². The molecule has 0 fully saturated rings. The molecule has 4 heteroatoms. The Morgan fingerprint density at radius 3 is 1.38 bits per heavy atom. The molecule has 0 spiro atoms. The van der Waals surface area contributed by atoms with E-state index in [1.807, 2.05) is 0 Å². The Balaban J connectivity index is 1.45. The Bertz CT molecular complexity index is 2760. The van der Waals surface area contributed by atoms with Gasteiger partial charge in [0.05, 0.1) is 0 Å². The Morgan fingerprint density at radius 1 is 0.516 bits per heavy atom. The summed E-state index contributed by atoms with van der Waals surface area (Å²) in [4.78, 5) is 0. The van der Waals surface area contributed by atoms with Crippen LogP contribution >= 0.6 is 17.0 Å². The molecule has 1 aliphatic heterocycles. The summed E-state index contributed by atoms with van der Waals surface area (Å²) in [6, 6.07) is 44.2. The second-order valence-corrected chi connectivity index (χ2v) is 44.2. The first-order valence-corrected chi connectivity index (χ1v) is 35.8. The van der Waals surface area contributed by atoms with Gasteiger partial charge in [0.2, 0.25) is 0 Å². The molecule has 2 aliphatic carbocycles. The number of hydrogen-bond donors (Lipinski definition) is 0. The fraction of sp³-hybridized carbons (Fsp3) is 0.333. The normalized spacial score (nSPS) is 17.8. The van der Waals surface area contributed by atoms with Gasteiger partial charge in [-0.1, -0.05) is 0 Å². The van der Waals surface area contributed by atoms with Gasteiger partial charge in [0.1, 0.15) is 0 Å². The summed E-state index contributed by atoms with van der Waals surface area (Å²) in [6.45, 7) is 28.4. The second kappa shape index (κ2) is 16.4. The van der Waals surface area contributed by atoms with Gasteiger partial charge in [-0.15, -0.1) is 0 Å². The zero-order valence-corrected chi connectivity index (χ0v) is 45.7. The van der Waals surface area contributed by atoms with E-state index in [9.17, 15) is 17.0 Å². The Labute approximate surface area is 395 Å². The van der Waals surface area contributed by atoms with Crippen molar-refractivity contribution in [2.75, 3.05) is 0 Å². The summed E-state index contributed by atoms with van der Waals surface area (Å²) in [7, 11) is 18.4. The van der Waals surface area contributed by atoms with Gasteiger partial charge in [-0.25, -0.2) is 0 Å². The predicted molar refractivity (Wildman–Crippen MR) is 282 cm³/mol.